The number of nitrogens with zero attached hydrogens (tertiary/aromatic N) is 3. The summed E-state index contributed by atoms with van der Waals surface area (Å²) in [7, 11) is 1.62. The first-order valence-corrected chi connectivity index (χ1v) is 8.88. The number of hydrogen-bond donors (Lipinski definition) is 1. The van der Waals surface area contributed by atoms with Crippen molar-refractivity contribution in [3.05, 3.63) is 71.0 Å². The van der Waals surface area contributed by atoms with Crippen LogP contribution >= 0.6 is 23.2 Å². The lowest BCUT2D eigenvalue weighted by molar-refractivity contribution is 0.415. The molecule has 0 unspecified atom stereocenters. The SMILES string of the molecule is COc1ccc2nc(-c3cccnc3)nc(Nc3cc(Cl)ccc3Cl)c2c1. The van der Waals surface area contributed by atoms with Crippen molar-refractivity contribution in [2.24, 2.45) is 0 Å². The van der Waals surface area contributed by atoms with Crippen molar-refractivity contribution in [2.75, 3.05) is 12.4 Å². The lowest BCUT2D eigenvalue weighted by Crippen LogP contribution is -2.00. The van der Waals surface area contributed by atoms with Crippen molar-refractivity contribution in [3.63, 3.8) is 0 Å². The zero-order valence-electron chi connectivity index (χ0n) is 14.3. The van der Waals surface area contributed by atoms with Crippen LogP contribution in [0.2, 0.25) is 10.0 Å². The number of benzene rings is 2. The highest BCUT2D eigenvalue weighted by molar-refractivity contribution is 6.35. The molecule has 0 aliphatic heterocycles. The van der Waals surface area contributed by atoms with Crippen LogP contribution in [-0.4, -0.2) is 22.1 Å². The fourth-order valence-electron chi connectivity index (χ4n) is 2.67. The van der Waals surface area contributed by atoms with Gasteiger partial charge < -0.3 is 10.1 Å². The Balaban J connectivity index is 1.91. The van der Waals surface area contributed by atoms with Gasteiger partial charge in [-0.05, 0) is 48.5 Å². The summed E-state index contributed by atoms with van der Waals surface area (Å²) in [5.74, 6) is 1.86. The number of aromatic nitrogens is 3. The standard InChI is InChI=1S/C20H14Cl2N4O/c1-27-14-5-7-17-15(10-14)20(25-18-9-13(21)4-6-16(18)22)26-19(24-17)12-3-2-8-23-11-12/h2-11H,1H3,(H,24,25,26). The van der Waals surface area contributed by atoms with Crippen LogP contribution in [0.5, 0.6) is 5.75 Å². The van der Waals surface area contributed by atoms with E-state index in [4.69, 9.17) is 32.9 Å². The van der Waals surface area contributed by atoms with E-state index < -0.39 is 0 Å². The third-order valence-corrected chi connectivity index (χ3v) is 4.57. The molecular formula is C20H14Cl2N4O. The normalized spacial score (nSPS) is 10.8. The van der Waals surface area contributed by atoms with Crippen LogP contribution in [0, 0.1) is 0 Å². The van der Waals surface area contributed by atoms with Gasteiger partial charge in [-0.25, -0.2) is 9.97 Å². The fourth-order valence-corrected chi connectivity index (χ4v) is 3.01. The second kappa shape index (κ2) is 7.39. The van der Waals surface area contributed by atoms with Crippen molar-refractivity contribution in [2.45, 2.75) is 0 Å². The maximum absolute atomic E-state index is 6.31. The Labute approximate surface area is 166 Å². The van der Waals surface area contributed by atoms with Crippen LogP contribution in [0.3, 0.4) is 0 Å². The van der Waals surface area contributed by atoms with E-state index in [2.05, 4.69) is 15.3 Å². The first-order chi connectivity index (χ1) is 13.1. The molecule has 0 bridgehead atoms. The number of fused-ring (bicyclic) bond motifs is 1. The smallest absolute Gasteiger partial charge is 0.163 e. The van der Waals surface area contributed by atoms with E-state index in [-0.39, 0.29) is 0 Å². The molecular weight excluding hydrogens is 383 g/mol. The molecule has 0 atom stereocenters. The molecule has 2 aromatic carbocycles. The molecule has 7 heteroatoms. The highest BCUT2D eigenvalue weighted by Crippen LogP contribution is 2.33. The Morgan fingerprint density at radius 2 is 1.89 bits per heavy atom. The molecule has 0 saturated carbocycles. The van der Waals surface area contributed by atoms with Gasteiger partial charge in [0.25, 0.3) is 0 Å². The molecule has 0 fully saturated rings. The molecule has 134 valence electrons. The van der Waals surface area contributed by atoms with Gasteiger partial charge in [0.2, 0.25) is 0 Å². The van der Waals surface area contributed by atoms with E-state index in [1.807, 2.05) is 30.3 Å². The molecule has 27 heavy (non-hydrogen) atoms. The fraction of sp³-hybridized carbons (Fsp3) is 0.0500. The van der Waals surface area contributed by atoms with Gasteiger partial charge in [0.05, 0.1) is 23.3 Å². The van der Waals surface area contributed by atoms with Crippen molar-refractivity contribution in [1.29, 1.82) is 0 Å². The average Bonchev–Trinajstić information content (AvgIpc) is 2.71. The van der Waals surface area contributed by atoms with E-state index in [1.54, 1.807) is 37.7 Å². The molecule has 2 aromatic heterocycles. The zero-order valence-corrected chi connectivity index (χ0v) is 15.8. The van der Waals surface area contributed by atoms with E-state index in [9.17, 15) is 0 Å². The maximum atomic E-state index is 6.31. The van der Waals surface area contributed by atoms with Gasteiger partial charge in [-0.1, -0.05) is 23.2 Å². The van der Waals surface area contributed by atoms with Gasteiger partial charge >= 0.3 is 0 Å². The predicted octanol–water partition coefficient (Wildman–Crippen LogP) is 5.75. The molecule has 5 nitrogen and oxygen atoms in total. The van der Waals surface area contributed by atoms with Crippen LogP contribution in [-0.2, 0) is 0 Å². The summed E-state index contributed by atoms with van der Waals surface area (Å²) < 4.78 is 5.34. The van der Waals surface area contributed by atoms with E-state index in [0.717, 1.165) is 16.5 Å². The van der Waals surface area contributed by atoms with Crippen molar-refractivity contribution in [1.82, 2.24) is 15.0 Å². The quantitative estimate of drug-likeness (QED) is 0.475. The summed E-state index contributed by atoms with van der Waals surface area (Å²) in [5, 5.41) is 5.19. The van der Waals surface area contributed by atoms with Crippen LogP contribution in [0.15, 0.2) is 60.9 Å². The maximum Gasteiger partial charge on any atom is 0.163 e. The lowest BCUT2D eigenvalue weighted by atomic mass is 10.2. The Morgan fingerprint density at radius 3 is 2.67 bits per heavy atom. The summed E-state index contributed by atoms with van der Waals surface area (Å²) in [6.07, 6.45) is 3.43. The Hall–Kier alpha value is -2.89. The highest BCUT2D eigenvalue weighted by Gasteiger charge is 2.12. The van der Waals surface area contributed by atoms with Gasteiger partial charge in [-0.3, -0.25) is 4.98 Å². The number of rotatable bonds is 4. The van der Waals surface area contributed by atoms with Gasteiger partial charge in [0.15, 0.2) is 5.82 Å². The monoisotopic (exact) mass is 396 g/mol. The van der Waals surface area contributed by atoms with E-state index in [1.165, 1.54) is 0 Å². The number of hydrogen-bond acceptors (Lipinski definition) is 5. The molecule has 2 heterocycles. The summed E-state index contributed by atoms with van der Waals surface area (Å²) in [4.78, 5) is 13.5. The Morgan fingerprint density at radius 1 is 1.00 bits per heavy atom. The molecule has 4 aromatic rings. The highest BCUT2D eigenvalue weighted by atomic mass is 35.5. The molecule has 0 saturated heterocycles. The minimum absolute atomic E-state index is 0.539. The number of nitrogens with one attached hydrogen (secondary N) is 1. The number of pyridine rings is 1. The third-order valence-electron chi connectivity index (χ3n) is 4.00. The van der Waals surface area contributed by atoms with Crippen molar-refractivity contribution in [3.8, 4) is 17.1 Å². The second-order valence-corrected chi connectivity index (χ2v) is 6.61. The summed E-state index contributed by atoms with van der Waals surface area (Å²) >= 11 is 12.4. The first kappa shape index (κ1) is 17.5. The van der Waals surface area contributed by atoms with Crippen molar-refractivity contribution >= 4 is 45.6 Å². The predicted molar refractivity (Wildman–Crippen MR) is 109 cm³/mol. The minimum atomic E-state index is 0.539. The average molecular weight is 397 g/mol. The summed E-state index contributed by atoms with van der Waals surface area (Å²) in [5.41, 5.74) is 2.24. The molecule has 0 radical (unpaired) electrons. The number of methoxy groups -OCH3 is 1. The van der Waals surface area contributed by atoms with Gasteiger partial charge in [0.1, 0.15) is 11.6 Å². The number of anilines is 2. The molecule has 1 N–H and O–H groups in total. The summed E-state index contributed by atoms with van der Waals surface area (Å²) in [6.45, 7) is 0. The molecule has 4 rings (SSSR count). The van der Waals surface area contributed by atoms with Gasteiger partial charge in [-0.15, -0.1) is 0 Å². The number of ether oxygens (including phenoxy) is 1. The minimum Gasteiger partial charge on any atom is -0.497 e. The largest absolute Gasteiger partial charge is 0.497 e. The Bertz CT molecular complexity index is 1120. The van der Waals surface area contributed by atoms with Crippen LogP contribution in [0.25, 0.3) is 22.3 Å². The van der Waals surface area contributed by atoms with Crippen molar-refractivity contribution < 1.29 is 4.74 Å². The van der Waals surface area contributed by atoms with Crippen LogP contribution < -0.4 is 10.1 Å². The number of halogens is 2. The van der Waals surface area contributed by atoms with E-state index in [0.29, 0.717) is 33.1 Å². The third kappa shape index (κ3) is 3.65. The summed E-state index contributed by atoms with van der Waals surface area (Å²) in [6, 6.07) is 14.6. The van der Waals surface area contributed by atoms with Crippen LogP contribution in [0.4, 0.5) is 11.5 Å². The van der Waals surface area contributed by atoms with Gasteiger partial charge in [-0.2, -0.15) is 0 Å². The molecule has 0 aliphatic rings. The first-order valence-electron chi connectivity index (χ1n) is 8.12. The zero-order chi connectivity index (χ0) is 18.8. The van der Waals surface area contributed by atoms with Gasteiger partial charge in [0, 0.05) is 28.4 Å². The van der Waals surface area contributed by atoms with Crippen LogP contribution in [0.1, 0.15) is 0 Å². The van der Waals surface area contributed by atoms with E-state index >= 15 is 0 Å². The molecule has 0 spiro atoms. The topological polar surface area (TPSA) is 59.9 Å². The molecule has 0 amide bonds. The Kier molecular flexibility index (Phi) is 4.79. The second-order valence-electron chi connectivity index (χ2n) is 5.77. The lowest BCUT2D eigenvalue weighted by Gasteiger charge is -2.13. The molecule has 0 aliphatic carbocycles.